The van der Waals surface area contributed by atoms with E-state index in [1.54, 1.807) is 14.0 Å². The number of fused-ring (bicyclic) bond motifs is 1. The molecular weight excluding hydrogens is 514 g/mol. The topological polar surface area (TPSA) is 74.9 Å². The molecule has 3 aromatic carbocycles. The summed E-state index contributed by atoms with van der Waals surface area (Å²) in [5, 5.41) is 4.03. The van der Waals surface area contributed by atoms with E-state index in [2.05, 4.69) is 72.0 Å². The van der Waals surface area contributed by atoms with Crippen molar-refractivity contribution in [2.24, 2.45) is 0 Å². The van der Waals surface area contributed by atoms with Crippen LogP contribution in [0, 0.1) is 13.8 Å². The number of likely N-dealkylation sites (N-methyl/N-ethyl adjacent to an activating group) is 1. The molecule has 2 atom stereocenters. The fourth-order valence-corrected chi connectivity index (χ4v) is 6.12. The van der Waals surface area contributed by atoms with E-state index in [9.17, 15) is 4.79 Å². The molecule has 4 aromatic rings. The van der Waals surface area contributed by atoms with Gasteiger partial charge in [-0.2, -0.15) is 4.98 Å². The van der Waals surface area contributed by atoms with Crippen molar-refractivity contribution in [2.45, 2.75) is 46.2 Å². The number of piperazine rings is 1. The molecule has 2 aliphatic rings. The zero-order chi connectivity index (χ0) is 28.8. The summed E-state index contributed by atoms with van der Waals surface area (Å²) in [7, 11) is 3.92. The maximum atomic E-state index is 13.8. The molecule has 212 valence electrons. The van der Waals surface area contributed by atoms with Gasteiger partial charge >= 0.3 is 0 Å². The Labute approximate surface area is 241 Å². The highest BCUT2D eigenvalue weighted by Gasteiger charge is 2.32. The molecule has 41 heavy (non-hydrogen) atoms. The van der Waals surface area contributed by atoms with Crippen LogP contribution in [0.25, 0.3) is 22.5 Å². The minimum absolute atomic E-state index is 0.0195. The van der Waals surface area contributed by atoms with Gasteiger partial charge in [-0.1, -0.05) is 29.4 Å². The van der Waals surface area contributed by atoms with Crippen molar-refractivity contribution in [2.75, 3.05) is 43.6 Å². The van der Waals surface area contributed by atoms with Crippen LogP contribution in [0.2, 0.25) is 0 Å². The third kappa shape index (κ3) is 4.97. The molecule has 8 heteroatoms. The second kappa shape index (κ2) is 10.7. The number of carbonyl (C=O) groups is 1. The Hall–Kier alpha value is -4.17. The first-order valence-electron chi connectivity index (χ1n) is 14.2. The van der Waals surface area contributed by atoms with Crippen LogP contribution in [0.4, 0.5) is 11.4 Å². The third-order valence-electron chi connectivity index (χ3n) is 8.68. The highest BCUT2D eigenvalue weighted by molar-refractivity contribution is 6.08. The van der Waals surface area contributed by atoms with Gasteiger partial charge in [0.1, 0.15) is 5.75 Å². The van der Waals surface area contributed by atoms with Crippen LogP contribution >= 0.6 is 0 Å². The monoisotopic (exact) mass is 551 g/mol. The number of hydrogen-bond donors (Lipinski definition) is 0. The lowest BCUT2D eigenvalue weighted by molar-refractivity contribution is 0.0989. The lowest BCUT2D eigenvalue weighted by Gasteiger charge is -2.44. The second-order valence-corrected chi connectivity index (χ2v) is 11.4. The predicted octanol–water partition coefficient (Wildman–Crippen LogP) is 5.76. The van der Waals surface area contributed by atoms with Gasteiger partial charge in [-0.3, -0.25) is 9.69 Å². The summed E-state index contributed by atoms with van der Waals surface area (Å²) >= 11 is 0. The maximum Gasteiger partial charge on any atom is 0.258 e. The number of hydrogen-bond acceptors (Lipinski definition) is 7. The summed E-state index contributed by atoms with van der Waals surface area (Å²) in [4.78, 5) is 24.8. The molecule has 0 spiro atoms. The van der Waals surface area contributed by atoms with Crippen LogP contribution < -0.4 is 14.5 Å². The van der Waals surface area contributed by atoms with Crippen LogP contribution in [-0.4, -0.2) is 66.8 Å². The molecule has 0 bridgehead atoms. The van der Waals surface area contributed by atoms with E-state index in [1.165, 1.54) is 0 Å². The SMILES string of the molecule is COc1cc2c(cc1N1C[C@@H](C)N(C)[C@@H](C)C1)N(C(=O)c1ccc(-c3ccc(-c4noc(C)n4)cc3C)cc1)CC2. The Kier molecular flexibility index (Phi) is 7.03. The van der Waals surface area contributed by atoms with Gasteiger partial charge < -0.3 is 19.1 Å². The number of benzene rings is 3. The summed E-state index contributed by atoms with van der Waals surface area (Å²) < 4.78 is 11.0. The lowest BCUT2D eigenvalue weighted by atomic mass is 9.97. The smallest absolute Gasteiger partial charge is 0.258 e. The van der Waals surface area contributed by atoms with E-state index in [0.717, 1.165) is 64.5 Å². The number of ether oxygens (including phenoxy) is 1. The van der Waals surface area contributed by atoms with Crippen molar-refractivity contribution in [3.63, 3.8) is 0 Å². The molecular formula is C33H37N5O3. The van der Waals surface area contributed by atoms with Crippen molar-refractivity contribution in [3.05, 3.63) is 77.2 Å². The van der Waals surface area contributed by atoms with Gasteiger partial charge in [0.25, 0.3) is 5.91 Å². The molecule has 6 rings (SSSR count). The van der Waals surface area contributed by atoms with E-state index >= 15 is 0 Å². The minimum atomic E-state index is 0.0195. The number of methoxy groups -OCH3 is 1. The van der Waals surface area contributed by atoms with Crippen LogP contribution in [0.1, 0.15) is 41.2 Å². The summed E-state index contributed by atoms with van der Waals surface area (Å²) in [6, 6.07) is 19.2. The lowest BCUT2D eigenvalue weighted by Crippen LogP contribution is -2.55. The maximum absolute atomic E-state index is 13.8. The Morgan fingerprint density at radius 2 is 1.66 bits per heavy atom. The van der Waals surface area contributed by atoms with Crippen LogP contribution in [0.3, 0.4) is 0 Å². The molecule has 1 amide bonds. The van der Waals surface area contributed by atoms with Gasteiger partial charge in [0.2, 0.25) is 11.7 Å². The molecule has 0 saturated carbocycles. The van der Waals surface area contributed by atoms with Gasteiger partial charge in [-0.15, -0.1) is 0 Å². The van der Waals surface area contributed by atoms with E-state index in [4.69, 9.17) is 9.26 Å². The number of aromatic nitrogens is 2. The van der Waals surface area contributed by atoms with Gasteiger partial charge in [-0.25, -0.2) is 0 Å². The number of carbonyl (C=O) groups excluding carboxylic acids is 1. The van der Waals surface area contributed by atoms with Crippen LogP contribution in [-0.2, 0) is 6.42 Å². The van der Waals surface area contributed by atoms with Crippen molar-refractivity contribution < 1.29 is 14.1 Å². The van der Waals surface area contributed by atoms with Crippen LogP contribution in [0.5, 0.6) is 5.75 Å². The standard InChI is InChI=1S/C33H37N5O3/c1-20-15-27(32-34-23(4)41-35-32)11-12-28(20)24-7-9-25(10-8-24)33(39)38-14-13-26-16-31(40-6)30(17-29(26)38)37-18-21(2)36(5)22(3)19-37/h7-12,15-17,21-22H,13-14,18-19H2,1-6H3/t21-,22+. The first kappa shape index (κ1) is 27.0. The highest BCUT2D eigenvalue weighted by atomic mass is 16.5. The summed E-state index contributed by atoms with van der Waals surface area (Å²) in [5.74, 6) is 2.02. The summed E-state index contributed by atoms with van der Waals surface area (Å²) in [6.07, 6.45) is 0.816. The van der Waals surface area contributed by atoms with Crippen LogP contribution in [0.15, 0.2) is 59.1 Å². The molecule has 2 aliphatic heterocycles. The second-order valence-electron chi connectivity index (χ2n) is 11.4. The quantitative estimate of drug-likeness (QED) is 0.312. The third-order valence-corrected chi connectivity index (χ3v) is 8.68. The Morgan fingerprint density at radius 3 is 2.29 bits per heavy atom. The Morgan fingerprint density at radius 1 is 0.951 bits per heavy atom. The van der Waals surface area contributed by atoms with Crippen molar-refractivity contribution in [3.8, 4) is 28.3 Å². The molecule has 0 aliphatic carbocycles. The Balaban J connectivity index is 1.24. The molecule has 0 unspecified atom stereocenters. The Bertz CT molecular complexity index is 1580. The zero-order valence-corrected chi connectivity index (χ0v) is 24.6. The fourth-order valence-electron chi connectivity index (χ4n) is 6.12. The molecule has 0 radical (unpaired) electrons. The number of nitrogens with zero attached hydrogens (tertiary/aromatic N) is 5. The molecule has 1 fully saturated rings. The molecule has 1 aromatic heterocycles. The average molecular weight is 552 g/mol. The van der Waals surface area contributed by atoms with Crippen molar-refractivity contribution >= 4 is 17.3 Å². The van der Waals surface area contributed by atoms with E-state index in [-0.39, 0.29) is 5.91 Å². The summed E-state index contributed by atoms with van der Waals surface area (Å²) in [6.45, 7) is 10.9. The van der Waals surface area contributed by atoms with E-state index in [1.807, 2.05) is 35.2 Å². The number of anilines is 2. The normalized spacial score (nSPS) is 19.0. The molecule has 8 nitrogen and oxygen atoms in total. The first-order chi connectivity index (χ1) is 19.7. The summed E-state index contributed by atoms with van der Waals surface area (Å²) in [5.41, 5.74) is 8.05. The molecule has 1 saturated heterocycles. The van der Waals surface area contributed by atoms with Gasteiger partial charge in [0.15, 0.2) is 0 Å². The number of amides is 1. The average Bonchev–Trinajstić information content (AvgIpc) is 3.60. The van der Waals surface area contributed by atoms with Gasteiger partial charge in [0.05, 0.1) is 12.8 Å². The largest absolute Gasteiger partial charge is 0.495 e. The van der Waals surface area contributed by atoms with Gasteiger partial charge in [0, 0.05) is 55.5 Å². The van der Waals surface area contributed by atoms with Crippen molar-refractivity contribution in [1.29, 1.82) is 0 Å². The molecule has 3 heterocycles. The first-order valence-corrected chi connectivity index (χ1v) is 14.2. The highest BCUT2D eigenvalue weighted by Crippen LogP contribution is 2.41. The van der Waals surface area contributed by atoms with E-state index < -0.39 is 0 Å². The molecule has 0 N–H and O–H groups in total. The zero-order valence-electron chi connectivity index (χ0n) is 24.6. The number of aryl methyl sites for hydroxylation is 2. The minimum Gasteiger partial charge on any atom is -0.495 e. The van der Waals surface area contributed by atoms with Gasteiger partial charge in [-0.05, 0) is 86.8 Å². The predicted molar refractivity (Wildman–Crippen MR) is 162 cm³/mol. The van der Waals surface area contributed by atoms with E-state index in [0.29, 0.717) is 35.9 Å². The van der Waals surface area contributed by atoms with Crippen molar-refractivity contribution in [1.82, 2.24) is 15.0 Å². The number of rotatable bonds is 5. The fraction of sp³-hybridized carbons (Fsp3) is 0.364.